The Morgan fingerprint density at radius 2 is 1.53 bits per heavy atom. The van der Waals surface area contributed by atoms with Crippen LogP contribution < -0.4 is 21.2 Å². The molecule has 0 heterocycles. The summed E-state index contributed by atoms with van der Waals surface area (Å²) in [6.45, 7) is 0.00328. The molecule has 10 nitrogen and oxygen atoms in total. The van der Waals surface area contributed by atoms with Crippen molar-refractivity contribution < 1.29 is 23.1 Å². The Hall–Kier alpha value is -4.38. The Morgan fingerprint density at radius 3 is 2.14 bits per heavy atom. The molecule has 0 aliphatic carbocycles. The number of nitrogens with two attached hydrogens (primary N) is 2. The van der Waals surface area contributed by atoms with Crippen molar-refractivity contribution in [1.82, 2.24) is 5.32 Å². The van der Waals surface area contributed by atoms with Crippen LogP contribution in [0.25, 0.3) is 0 Å². The van der Waals surface area contributed by atoms with E-state index in [0.717, 1.165) is 9.98 Å². The Morgan fingerprint density at radius 1 is 0.917 bits per heavy atom. The van der Waals surface area contributed by atoms with E-state index in [2.05, 4.69) is 10.4 Å². The molecule has 3 aromatic rings. The van der Waals surface area contributed by atoms with Gasteiger partial charge in [0.25, 0.3) is 10.0 Å². The minimum Gasteiger partial charge on any atom is -0.481 e. The molecule has 0 aliphatic heterocycles. The smallest absolute Gasteiger partial charge is 0.305 e. The molecule has 0 aliphatic rings. The molecule has 6 N–H and O–H groups in total. The third-order valence-corrected chi connectivity index (χ3v) is 6.84. The van der Waals surface area contributed by atoms with Crippen molar-refractivity contribution >= 4 is 33.5 Å². The van der Waals surface area contributed by atoms with E-state index in [1.54, 1.807) is 42.5 Å². The molecule has 0 fully saturated rings. The lowest BCUT2D eigenvalue weighted by molar-refractivity contribution is -0.136. The number of rotatable bonds is 11. The monoisotopic (exact) mass is 509 g/mol. The minimum atomic E-state index is -4.15. The summed E-state index contributed by atoms with van der Waals surface area (Å²) in [5.74, 6) is -2.25. The summed E-state index contributed by atoms with van der Waals surface area (Å²) in [5.41, 5.74) is 12.8. The summed E-state index contributed by atoms with van der Waals surface area (Å²) in [6.07, 6.45) is -0.178. The second kappa shape index (κ2) is 11.8. The second-order valence-electron chi connectivity index (χ2n) is 7.84. The van der Waals surface area contributed by atoms with E-state index in [1.165, 1.54) is 12.1 Å². The third-order valence-electron chi connectivity index (χ3n) is 5.22. The zero-order valence-corrected chi connectivity index (χ0v) is 20.1. The van der Waals surface area contributed by atoms with Gasteiger partial charge in [-0.05, 0) is 35.4 Å². The predicted molar refractivity (Wildman–Crippen MR) is 137 cm³/mol. The fourth-order valence-electron chi connectivity index (χ4n) is 3.59. The third kappa shape index (κ3) is 6.83. The molecule has 0 aromatic heterocycles. The van der Waals surface area contributed by atoms with Gasteiger partial charge in [-0.1, -0.05) is 60.7 Å². The molecular weight excluding hydrogens is 482 g/mol. The molecule has 36 heavy (non-hydrogen) atoms. The SMILES string of the molecule is NC(N)=NN(c1cccc(C(CC(=O)NCCC(=O)O)c2ccccc2)c1)S(=O)(=O)c1ccccc1. The Balaban J connectivity index is 2.01. The standard InChI is InChI=1S/C25H27N5O5S/c26-25(27)29-30(36(34,35)21-12-5-2-6-13-21)20-11-7-10-19(16-20)22(18-8-3-1-4-9-18)17-23(31)28-15-14-24(32)33/h1-13,16,22H,14-15,17H2,(H,28,31)(H,32,33)(H4,26,27,29). The molecular formula is C25H27N5O5S. The minimum absolute atomic E-state index is 0.00202. The zero-order chi connectivity index (χ0) is 26.1. The van der Waals surface area contributed by atoms with Crippen molar-refractivity contribution in [1.29, 1.82) is 0 Å². The van der Waals surface area contributed by atoms with Crippen molar-refractivity contribution in [2.24, 2.45) is 16.6 Å². The largest absolute Gasteiger partial charge is 0.481 e. The van der Waals surface area contributed by atoms with Gasteiger partial charge >= 0.3 is 5.97 Å². The zero-order valence-electron chi connectivity index (χ0n) is 19.3. The molecule has 3 rings (SSSR count). The first-order valence-electron chi connectivity index (χ1n) is 11.0. The molecule has 1 atom stereocenters. The average Bonchev–Trinajstić information content (AvgIpc) is 2.86. The molecule has 0 saturated heterocycles. The number of anilines is 1. The fraction of sp³-hybridized carbons (Fsp3) is 0.160. The van der Waals surface area contributed by atoms with Crippen LogP contribution in [-0.2, 0) is 19.6 Å². The van der Waals surface area contributed by atoms with Gasteiger partial charge < -0.3 is 21.9 Å². The van der Waals surface area contributed by atoms with Crippen LogP contribution >= 0.6 is 0 Å². The van der Waals surface area contributed by atoms with Crippen LogP contribution in [0.3, 0.4) is 0 Å². The molecule has 188 valence electrons. The quantitative estimate of drug-likeness (QED) is 0.174. The molecule has 1 unspecified atom stereocenters. The summed E-state index contributed by atoms with van der Waals surface area (Å²) in [6, 6.07) is 23.5. The Bertz CT molecular complexity index is 1330. The summed E-state index contributed by atoms with van der Waals surface area (Å²) in [4.78, 5) is 23.4. The first-order chi connectivity index (χ1) is 17.2. The maximum absolute atomic E-state index is 13.4. The summed E-state index contributed by atoms with van der Waals surface area (Å²) in [5, 5.41) is 15.3. The van der Waals surface area contributed by atoms with Gasteiger partial charge in [0.2, 0.25) is 11.9 Å². The summed E-state index contributed by atoms with van der Waals surface area (Å²) >= 11 is 0. The first kappa shape index (κ1) is 26.2. The van der Waals surface area contributed by atoms with Gasteiger partial charge in [0.15, 0.2) is 0 Å². The van der Waals surface area contributed by atoms with Gasteiger partial charge in [0, 0.05) is 18.9 Å². The number of aliphatic carboxylic acids is 1. The van der Waals surface area contributed by atoms with Crippen LogP contribution in [0, 0.1) is 0 Å². The number of hydrazone groups is 1. The van der Waals surface area contributed by atoms with E-state index >= 15 is 0 Å². The van der Waals surface area contributed by atoms with E-state index in [1.807, 2.05) is 30.3 Å². The highest BCUT2D eigenvalue weighted by Crippen LogP contribution is 2.32. The maximum Gasteiger partial charge on any atom is 0.305 e. The van der Waals surface area contributed by atoms with Crippen LogP contribution in [0.4, 0.5) is 5.69 Å². The van der Waals surface area contributed by atoms with Gasteiger partial charge in [0.1, 0.15) is 0 Å². The average molecular weight is 510 g/mol. The van der Waals surface area contributed by atoms with Crippen molar-refractivity contribution in [3.05, 3.63) is 96.1 Å². The number of hydrogen-bond acceptors (Lipinski definition) is 5. The molecule has 0 bridgehead atoms. The van der Waals surface area contributed by atoms with Crippen molar-refractivity contribution in [2.45, 2.75) is 23.7 Å². The second-order valence-corrected chi connectivity index (χ2v) is 9.61. The van der Waals surface area contributed by atoms with E-state index in [4.69, 9.17) is 16.6 Å². The summed E-state index contributed by atoms with van der Waals surface area (Å²) < 4.78 is 27.5. The van der Waals surface area contributed by atoms with Gasteiger partial charge in [0.05, 0.1) is 17.0 Å². The highest BCUT2D eigenvalue weighted by molar-refractivity contribution is 7.92. The first-order valence-corrected chi connectivity index (χ1v) is 12.5. The highest BCUT2D eigenvalue weighted by atomic mass is 32.2. The molecule has 0 saturated carbocycles. The maximum atomic E-state index is 13.4. The van der Waals surface area contributed by atoms with E-state index in [-0.39, 0.29) is 35.9 Å². The lowest BCUT2D eigenvalue weighted by atomic mass is 9.88. The van der Waals surface area contributed by atoms with Crippen LogP contribution in [0.2, 0.25) is 0 Å². The van der Waals surface area contributed by atoms with Crippen LogP contribution in [-0.4, -0.2) is 37.9 Å². The lowest BCUT2D eigenvalue weighted by Crippen LogP contribution is -2.33. The number of carboxylic acids is 1. The van der Waals surface area contributed by atoms with Crippen LogP contribution in [0.1, 0.15) is 29.9 Å². The molecule has 1 amide bonds. The molecule has 11 heteroatoms. The Labute approximate surface area is 209 Å². The van der Waals surface area contributed by atoms with E-state index in [0.29, 0.717) is 5.56 Å². The van der Waals surface area contributed by atoms with E-state index < -0.39 is 27.9 Å². The number of carbonyl (C=O) groups excluding carboxylic acids is 1. The van der Waals surface area contributed by atoms with Gasteiger partial charge in [-0.15, -0.1) is 5.10 Å². The lowest BCUT2D eigenvalue weighted by Gasteiger charge is -2.22. The van der Waals surface area contributed by atoms with Gasteiger partial charge in [-0.3, -0.25) is 9.59 Å². The molecule has 3 aromatic carbocycles. The predicted octanol–water partition coefficient (Wildman–Crippen LogP) is 2.18. The van der Waals surface area contributed by atoms with E-state index in [9.17, 15) is 18.0 Å². The number of carboxylic acid groups (broad SMARTS) is 1. The van der Waals surface area contributed by atoms with Crippen molar-refractivity contribution in [2.75, 3.05) is 11.0 Å². The Kier molecular flexibility index (Phi) is 8.63. The molecule has 0 radical (unpaired) electrons. The van der Waals surface area contributed by atoms with Crippen LogP contribution in [0.15, 0.2) is 94.9 Å². The number of amides is 1. The van der Waals surface area contributed by atoms with Crippen molar-refractivity contribution in [3.63, 3.8) is 0 Å². The van der Waals surface area contributed by atoms with Gasteiger partial charge in [-0.2, -0.15) is 12.8 Å². The fourth-order valence-corrected chi connectivity index (χ4v) is 4.88. The van der Waals surface area contributed by atoms with Crippen molar-refractivity contribution in [3.8, 4) is 0 Å². The normalized spacial score (nSPS) is 11.8. The summed E-state index contributed by atoms with van der Waals surface area (Å²) in [7, 11) is -4.15. The topological polar surface area (TPSA) is 168 Å². The number of sulfonamides is 1. The number of nitrogens with zero attached hydrogens (tertiary/aromatic N) is 2. The highest BCUT2D eigenvalue weighted by Gasteiger charge is 2.27. The van der Waals surface area contributed by atoms with Gasteiger partial charge in [-0.25, -0.2) is 0 Å². The molecule has 0 spiro atoms. The number of nitrogens with one attached hydrogen (secondary N) is 1. The number of hydrogen-bond donors (Lipinski definition) is 4. The number of carbonyl (C=O) groups is 2. The number of benzene rings is 3. The number of guanidine groups is 1. The van der Waals surface area contributed by atoms with Crippen LogP contribution in [0.5, 0.6) is 0 Å².